The molecule has 0 spiro atoms. The van der Waals surface area contributed by atoms with Crippen LogP contribution in [0.3, 0.4) is 0 Å². The van der Waals surface area contributed by atoms with Gasteiger partial charge in [0.2, 0.25) is 5.91 Å². The van der Waals surface area contributed by atoms with Gasteiger partial charge >= 0.3 is 0 Å². The van der Waals surface area contributed by atoms with Crippen LogP contribution in [0.2, 0.25) is 0 Å². The van der Waals surface area contributed by atoms with Gasteiger partial charge in [-0.3, -0.25) is 4.79 Å². The molecule has 0 fully saturated rings. The Hall–Kier alpha value is -1.08. The molecule has 1 unspecified atom stereocenters. The Morgan fingerprint density at radius 3 is 2.50 bits per heavy atom. The number of hydrogen-bond donors (Lipinski definition) is 1. The first-order chi connectivity index (χ1) is 6.26. The molecule has 0 saturated heterocycles. The van der Waals surface area contributed by atoms with Crippen molar-refractivity contribution in [3.63, 3.8) is 0 Å². The second-order valence-electron chi connectivity index (χ2n) is 4.47. The second kappa shape index (κ2) is 4.97. The van der Waals surface area contributed by atoms with Crippen molar-refractivity contribution in [2.75, 3.05) is 13.6 Å². The first-order valence-corrected chi connectivity index (χ1v) is 4.68. The second-order valence-corrected chi connectivity index (χ2v) is 4.47. The van der Waals surface area contributed by atoms with Gasteiger partial charge in [-0.1, -0.05) is 0 Å². The van der Waals surface area contributed by atoms with Crippen LogP contribution < -0.4 is 5.73 Å². The minimum absolute atomic E-state index is 0.0143. The van der Waals surface area contributed by atoms with Crippen LogP contribution in [0.4, 0.5) is 0 Å². The third-order valence-electron chi connectivity index (χ3n) is 1.80. The van der Waals surface area contributed by atoms with E-state index >= 15 is 0 Å². The van der Waals surface area contributed by atoms with E-state index < -0.39 is 5.54 Å². The number of nitrogens with two attached hydrogens (primary N) is 1. The SMILES string of the molecule is CC(C#N)CN(C)C(=O)CC(C)(C)N. The summed E-state index contributed by atoms with van der Waals surface area (Å²) in [6.07, 6.45) is 0.307. The van der Waals surface area contributed by atoms with Gasteiger partial charge in [0.15, 0.2) is 0 Å². The van der Waals surface area contributed by atoms with Crippen molar-refractivity contribution in [3.8, 4) is 6.07 Å². The highest BCUT2D eigenvalue weighted by Gasteiger charge is 2.20. The summed E-state index contributed by atoms with van der Waals surface area (Å²) in [7, 11) is 1.70. The zero-order valence-electron chi connectivity index (χ0n) is 9.37. The minimum Gasteiger partial charge on any atom is -0.344 e. The lowest BCUT2D eigenvalue weighted by Crippen LogP contribution is -2.40. The van der Waals surface area contributed by atoms with Crippen molar-refractivity contribution < 1.29 is 4.79 Å². The summed E-state index contributed by atoms with van der Waals surface area (Å²) in [5.41, 5.74) is 5.24. The van der Waals surface area contributed by atoms with E-state index in [-0.39, 0.29) is 11.8 Å². The van der Waals surface area contributed by atoms with Gasteiger partial charge in [0, 0.05) is 25.6 Å². The number of carbonyl (C=O) groups is 1. The molecule has 1 atom stereocenters. The molecule has 0 aromatic carbocycles. The van der Waals surface area contributed by atoms with Crippen molar-refractivity contribution >= 4 is 5.91 Å². The number of amides is 1. The van der Waals surface area contributed by atoms with Gasteiger partial charge in [0.25, 0.3) is 0 Å². The van der Waals surface area contributed by atoms with Crippen molar-refractivity contribution in [1.29, 1.82) is 5.26 Å². The van der Waals surface area contributed by atoms with Crippen molar-refractivity contribution in [1.82, 2.24) is 4.90 Å². The molecule has 0 heterocycles. The summed E-state index contributed by atoms with van der Waals surface area (Å²) in [6, 6.07) is 2.09. The third kappa shape index (κ3) is 5.55. The maximum Gasteiger partial charge on any atom is 0.224 e. The summed E-state index contributed by atoms with van der Waals surface area (Å²) >= 11 is 0. The first kappa shape index (κ1) is 12.9. The average Bonchev–Trinajstić information content (AvgIpc) is 2.00. The average molecular weight is 197 g/mol. The van der Waals surface area contributed by atoms with E-state index in [4.69, 9.17) is 11.0 Å². The zero-order chi connectivity index (χ0) is 11.4. The molecule has 0 aromatic rings. The molecule has 0 bridgehead atoms. The maximum absolute atomic E-state index is 11.5. The molecule has 4 nitrogen and oxygen atoms in total. The van der Waals surface area contributed by atoms with E-state index in [2.05, 4.69) is 6.07 Å². The smallest absolute Gasteiger partial charge is 0.224 e. The fourth-order valence-corrected chi connectivity index (χ4v) is 1.08. The van der Waals surface area contributed by atoms with Crippen LogP contribution in [0.15, 0.2) is 0 Å². The number of hydrogen-bond acceptors (Lipinski definition) is 3. The van der Waals surface area contributed by atoms with Crippen LogP contribution in [-0.2, 0) is 4.79 Å². The summed E-state index contributed by atoms with van der Waals surface area (Å²) in [4.78, 5) is 13.1. The van der Waals surface area contributed by atoms with Crippen molar-refractivity contribution in [2.24, 2.45) is 11.7 Å². The normalized spacial score (nSPS) is 13.1. The van der Waals surface area contributed by atoms with Crippen LogP contribution >= 0.6 is 0 Å². The molecule has 80 valence electrons. The molecule has 0 aliphatic heterocycles. The summed E-state index contributed by atoms with van der Waals surface area (Å²) in [6.45, 7) is 5.88. The van der Waals surface area contributed by atoms with Crippen LogP contribution in [0, 0.1) is 17.2 Å². The third-order valence-corrected chi connectivity index (χ3v) is 1.80. The standard InChI is InChI=1S/C10H19N3O/c1-8(6-11)7-13(4)9(14)5-10(2,3)12/h8H,5,7,12H2,1-4H3. The Bertz CT molecular complexity index is 237. The molecule has 0 rings (SSSR count). The lowest BCUT2D eigenvalue weighted by Gasteiger charge is -2.23. The van der Waals surface area contributed by atoms with Gasteiger partial charge in [0.1, 0.15) is 0 Å². The molecular weight excluding hydrogens is 178 g/mol. The van der Waals surface area contributed by atoms with Crippen molar-refractivity contribution in [2.45, 2.75) is 32.7 Å². The molecule has 0 aromatic heterocycles. The van der Waals surface area contributed by atoms with E-state index in [1.54, 1.807) is 18.9 Å². The fraction of sp³-hybridized carbons (Fsp3) is 0.800. The van der Waals surface area contributed by atoms with Gasteiger partial charge in [-0.25, -0.2) is 0 Å². The quantitative estimate of drug-likeness (QED) is 0.722. The van der Waals surface area contributed by atoms with Gasteiger partial charge in [-0.05, 0) is 20.8 Å². The Morgan fingerprint density at radius 2 is 2.14 bits per heavy atom. The number of nitriles is 1. The summed E-state index contributed by atoms with van der Waals surface area (Å²) < 4.78 is 0. The number of nitrogens with zero attached hydrogens (tertiary/aromatic N) is 2. The Labute approximate surface area is 85.7 Å². The monoisotopic (exact) mass is 197 g/mol. The number of rotatable bonds is 4. The lowest BCUT2D eigenvalue weighted by atomic mass is 10.0. The van der Waals surface area contributed by atoms with Crippen LogP contribution in [0.5, 0.6) is 0 Å². The topological polar surface area (TPSA) is 70.1 Å². The molecule has 0 saturated carbocycles. The van der Waals surface area contributed by atoms with E-state index in [1.165, 1.54) is 0 Å². The molecule has 0 aliphatic carbocycles. The maximum atomic E-state index is 11.5. The van der Waals surface area contributed by atoms with E-state index in [9.17, 15) is 4.79 Å². The predicted octanol–water partition coefficient (Wildman–Crippen LogP) is 0.732. The minimum atomic E-state index is -0.485. The highest BCUT2D eigenvalue weighted by atomic mass is 16.2. The summed E-state index contributed by atoms with van der Waals surface area (Å²) in [5.74, 6) is -0.149. The van der Waals surface area contributed by atoms with E-state index in [0.29, 0.717) is 13.0 Å². The van der Waals surface area contributed by atoms with E-state index in [0.717, 1.165) is 0 Å². The molecular formula is C10H19N3O. The molecule has 14 heavy (non-hydrogen) atoms. The lowest BCUT2D eigenvalue weighted by molar-refractivity contribution is -0.131. The molecule has 4 heteroatoms. The molecule has 0 aliphatic rings. The van der Waals surface area contributed by atoms with Gasteiger partial charge in [-0.2, -0.15) is 5.26 Å². The highest BCUT2D eigenvalue weighted by molar-refractivity contribution is 5.77. The largest absolute Gasteiger partial charge is 0.344 e. The molecule has 0 radical (unpaired) electrons. The van der Waals surface area contributed by atoms with Gasteiger partial charge in [0.05, 0.1) is 12.0 Å². The predicted molar refractivity (Wildman–Crippen MR) is 55.3 cm³/mol. The van der Waals surface area contributed by atoms with Crippen molar-refractivity contribution in [3.05, 3.63) is 0 Å². The van der Waals surface area contributed by atoms with Crippen LogP contribution in [0.25, 0.3) is 0 Å². The van der Waals surface area contributed by atoms with E-state index in [1.807, 2.05) is 13.8 Å². The summed E-state index contributed by atoms with van der Waals surface area (Å²) in [5, 5.41) is 8.59. The molecule has 2 N–H and O–H groups in total. The zero-order valence-corrected chi connectivity index (χ0v) is 9.37. The van der Waals surface area contributed by atoms with Gasteiger partial charge < -0.3 is 10.6 Å². The Kier molecular flexibility index (Phi) is 4.58. The van der Waals surface area contributed by atoms with Gasteiger partial charge in [-0.15, -0.1) is 0 Å². The fourth-order valence-electron chi connectivity index (χ4n) is 1.08. The van der Waals surface area contributed by atoms with Crippen LogP contribution in [-0.4, -0.2) is 29.9 Å². The highest BCUT2D eigenvalue weighted by Crippen LogP contribution is 2.07. The van der Waals surface area contributed by atoms with Crippen LogP contribution in [0.1, 0.15) is 27.2 Å². The first-order valence-electron chi connectivity index (χ1n) is 4.68. The molecule has 1 amide bonds. The number of carbonyl (C=O) groups excluding carboxylic acids is 1. The Morgan fingerprint density at radius 1 is 1.64 bits per heavy atom. The Balaban J connectivity index is 4.08.